The maximum absolute atomic E-state index is 13.8. The summed E-state index contributed by atoms with van der Waals surface area (Å²) in [4.78, 5) is 29.4. The zero-order valence-electron chi connectivity index (χ0n) is 15.0. The van der Waals surface area contributed by atoms with Crippen molar-refractivity contribution in [2.45, 2.75) is 26.2 Å². The van der Waals surface area contributed by atoms with Crippen LogP contribution in [0.5, 0.6) is 0 Å². The van der Waals surface area contributed by atoms with Crippen LogP contribution in [-0.4, -0.2) is 23.3 Å². The molecule has 0 aliphatic heterocycles. The Hall–Kier alpha value is -2.87. The van der Waals surface area contributed by atoms with Crippen molar-refractivity contribution in [3.05, 3.63) is 63.8 Å². The van der Waals surface area contributed by atoms with E-state index in [-0.39, 0.29) is 42.4 Å². The fraction of sp³-hybridized carbons (Fsp3) is 0.250. The summed E-state index contributed by atoms with van der Waals surface area (Å²) in [6.45, 7) is 1.66. The Labute approximate surface area is 164 Å². The van der Waals surface area contributed by atoms with E-state index in [1.54, 1.807) is 6.07 Å². The summed E-state index contributed by atoms with van der Waals surface area (Å²) in [6.07, 6.45) is 2.06. The highest BCUT2D eigenvalue weighted by Crippen LogP contribution is 2.26. The molecule has 0 atom stereocenters. The Morgan fingerprint density at radius 1 is 1.18 bits per heavy atom. The van der Waals surface area contributed by atoms with E-state index in [2.05, 4.69) is 4.98 Å². The number of oxazole rings is 1. The minimum Gasteiger partial charge on any atom is -0.457 e. The van der Waals surface area contributed by atoms with E-state index in [1.807, 2.05) is 13.0 Å². The Morgan fingerprint density at radius 3 is 2.61 bits per heavy atom. The number of ether oxygens (including phenoxy) is 1. The van der Waals surface area contributed by atoms with Gasteiger partial charge in [0, 0.05) is 11.3 Å². The number of rotatable bonds is 8. The van der Waals surface area contributed by atoms with E-state index >= 15 is 0 Å². The normalized spacial score (nSPS) is 10.8. The molecule has 0 saturated carbocycles. The van der Waals surface area contributed by atoms with Gasteiger partial charge < -0.3 is 9.15 Å². The van der Waals surface area contributed by atoms with Gasteiger partial charge in [0.25, 0.3) is 0 Å². The third kappa shape index (κ3) is 4.69. The van der Waals surface area contributed by atoms with Gasteiger partial charge in [-0.3, -0.25) is 9.59 Å². The van der Waals surface area contributed by atoms with Crippen LogP contribution >= 0.6 is 11.3 Å². The molecule has 0 aliphatic rings. The van der Waals surface area contributed by atoms with Gasteiger partial charge in [-0.1, -0.05) is 13.0 Å². The van der Waals surface area contributed by atoms with Gasteiger partial charge in [0.2, 0.25) is 5.78 Å². The lowest BCUT2D eigenvalue weighted by Crippen LogP contribution is -2.13. The van der Waals surface area contributed by atoms with Gasteiger partial charge >= 0.3 is 5.97 Å². The van der Waals surface area contributed by atoms with E-state index in [0.29, 0.717) is 4.88 Å². The summed E-state index contributed by atoms with van der Waals surface area (Å²) in [5.41, 5.74) is -0.309. The van der Waals surface area contributed by atoms with E-state index in [1.165, 1.54) is 23.6 Å². The van der Waals surface area contributed by atoms with Crippen LogP contribution in [0.25, 0.3) is 11.3 Å². The third-order valence-electron chi connectivity index (χ3n) is 3.95. The first-order valence-corrected chi connectivity index (χ1v) is 9.46. The summed E-state index contributed by atoms with van der Waals surface area (Å²) in [6, 6.07) is 7.08. The maximum atomic E-state index is 13.8. The summed E-state index contributed by atoms with van der Waals surface area (Å²) < 4.78 is 37.8. The number of carbonyl (C=O) groups is 2. The van der Waals surface area contributed by atoms with Crippen LogP contribution in [0.3, 0.4) is 0 Å². The molecule has 5 nitrogen and oxygen atoms in total. The van der Waals surface area contributed by atoms with E-state index in [4.69, 9.17) is 9.15 Å². The van der Waals surface area contributed by atoms with Crippen LogP contribution < -0.4 is 0 Å². The Bertz CT molecular complexity index is 976. The second-order valence-electron chi connectivity index (χ2n) is 5.92. The zero-order valence-corrected chi connectivity index (χ0v) is 15.9. The Kier molecular flexibility index (Phi) is 6.30. The predicted octanol–water partition coefficient (Wildman–Crippen LogP) is 4.60. The fourth-order valence-corrected chi connectivity index (χ4v) is 3.36. The van der Waals surface area contributed by atoms with Crippen LogP contribution in [0.15, 0.2) is 40.9 Å². The number of carbonyl (C=O) groups excluding carboxylic acids is 2. The number of thiophene rings is 1. The van der Waals surface area contributed by atoms with Gasteiger partial charge in [-0.2, -0.15) is 0 Å². The SMILES string of the molecule is CCc1ccc(C(=O)COC(=O)CCc2ncc(-c3c(F)cccc3F)o2)s1. The number of aromatic nitrogens is 1. The first-order chi connectivity index (χ1) is 13.5. The second kappa shape index (κ2) is 8.88. The van der Waals surface area contributed by atoms with Crippen molar-refractivity contribution in [3.63, 3.8) is 0 Å². The van der Waals surface area contributed by atoms with Crippen molar-refractivity contribution in [1.29, 1.82) is 0 Å². The molecule has 0 saturated heterocycles. The highest BCUT2D eigenvalue weighted by atomic mass is 32.1. The Balaban J connectivity index is 1.51. The molecule has 2 aromatic heterocycles. The molecule has 0 fully saturated rings. The number of hydrogen-bond acceptors (Lipinski definition) is 6. The summed E-state index contributed by atoms with van der Waals surface area (Å²) >= 11 is 1.38. The lowest BCUT2D eigenvalue weighted by molar-refractivity contribution is -0.142. The van der Waals surface area contributed by atoms with Crippen molar-refractivity contribution in [3.8, 4) is 11.3 Å². The number of hydrogen-bond donors (Lipinski definition) is 0. The summed E-state index contributed by atoms with van der Waals surface area (Å²) in [5.74, 6) is -2.28. The molecular weight excluding hydrogens is 388 g/mol. The van der Waals surface area contributed by atoms with Crippen molar-refractivity contribution in [2.24, 2.45) is 0 Å². The predicted molar refractivity (Wildman–Crippen MR) is 99.2 cm³/mol. The molecule has 28 heavy (non-hydrogen) atoms. The number of ketones is 1. The molecule has 2 heterocycles. The van der Waals surface area contributed by atoms with Crippen molar-refractivity contribution < 1.29 is 27.5 Å². The molecule has 3 rings (SSSR count). The molecule has 0 N–H and O–H groups in total. The highest BCUT2D eigenvalue weighted by molar-refractivity contribution is 7.14. The molecule has 1 aromatic carbocycles. The van der Waals surface area contributed by atoms with Crippen molar-refractivity contribution in [2.75, 3.05) is 6.61 Å². The monoisotopic (exact) mass is 405 g/mol. The van der Waals surface area contributed by atoms with E-state index < -0.39 is 17.6 Å². The number of esters is 1. The topological polar surface area (TPSA) is 69.4 Å². The van der Waals surface area contributed by atoms with Gasteiger partial charge in [-0.25, -0.2) is 13.8 Å². The minimum absolute atomic E-state index is 0.0569. The van der Waals surface area contributed by atoms with Gasteiger partial charge in [-0.05, 0) is 30.7 Å². The van der Waals surface area contributed by atoms with Crippen molar-refractivity contribution >= 4 is 23.1 Å². The average Bonchev–Trinajstić information content (AvgIpc) is 3.34. The van der Waals surface area contributed by atoms with Gasteiger partial charge in [0.05, 0.1) is 23.1 Å². The summed E-state index contributed by atoms with van der Waals surface area (Å²) in [7, 11) is 0. The van der Waals surface area contributed by atoms with Gasteiger partial charge in [-0.15, -0.1) is 11.3 Å². The first kappa shape index (κ1) is 19.9. The van der Waals surface area contributed by atoms with Crippen molar-refractivity contribution in [1.82, 2.24) is 4.98 Å². The lowest BCUT2D eigenvalue weighted by Gasteiger charge is -2.02. The van der Waals surface area contributed by atoms with Crippen LogP contribution in [-0.2, 0) is 22.4 Å². The molecule has 0 bridgehead atoms. The third-order valence-corrected chi connectivity index (χ3v) is 5.23. The molecule has 0 spiro atoms. The Morgan fingerprint density at radius 2 is 1.93 bits per heavy atom. The number of halogens is 2. The number of aryl methyl sites for hydroxylation is 2. The molecule has 8 heteroatoms. The largest absolute Gasteiger partial charge is 0.457 e. The minimum atomic E-state index is -0.763. The second-order valence-corrected chi connectivity index (χ2v) is 7.09. The molecule has 146 valence electrons. The van der Waals surface area contributed by atoms with Crippen LogP contribution in [0.4, 0.5) is 8.78 Å². The molecular formula is C20H17F2NO4S. The quantitative estimate of drug-likeness (QED) is 0.405. The molecule has 0 aliphatic carbocycles. The summed E-state index contributed by atoms with van der Waals surface area (Å²) in [5, 5.41) is 0. The maximum Gasteiger partial charge on any atom is 0.306 e. The standard InChI is InChI=1S/C20H17F2NO4S/c1-2-12-6-7-17(28-12)15(24)11-26-19(25)9-8-18-23-10-16(27-18)20-13(21)4-3-5-14(20)22/h3-7,10H,2,8-9,11H2,1H3. The van der Waals surface area contributed by atoms with Crippen LogP contribution in [0.2, 0.25) is 0 Å². The van der Waals surface area contributed by atoms with Gasteiger partial charge in [0.15, 0.2) is 18.3 Å². The van der Waals surface area contributed by atoms with E-state index in [9.17, 15) is 18.4 Å². The molecule has 3 aromatic rings. The first-order valence-electron chi connectivity index (χ1n) is 8.64. The smallest absolute Gasteiger partial charge is 0.306 e. The van der Waals surface area contributed by atoms with E-state index in [0.717, 1.165) is 23.4 Å². The number of Topliss-reactive ketones (excluding diaryl/α,β-unsaturated/α-hetero) is 1. The molecule has 0 unspecified atom stereocenters. The molecule has 0 amide bonds. The van der Waals surface area contributed by atoms with Gasteiger partial charge in [0.1, 0.15) is 11.6 Å². The average molecular weight is 405 g/mol. The lowest BCUT2D eigenvalue weighted by atomic mass is 10.1. The highest BCUT2D eigenvalue weighted by Gasteiger charge is 2.17. The van der Waals surface area contributed by atoms with Crippen LogP contribution in [0.1, 0.15) is 33.8 Å². The van der Waals surface area contributed by atoms with Crippen LogP contribution in [0, 0.1) is 11.6 Å². The molecule has 0 radical (unpaired) electrons. The fourth-order valence-electron chi connectivity index (χ4n) is 2.49. The number of benzene rings is 1. The zero-order chi connectivity index (χ0) is 20.1. The number of nitrogens with zero attached hydrogens (tertiary/aromatic N) is 1.